The number of carbonyl (C=O) groups is 2. The van der Waals surface area contributed by atoms with Gasteiger partial charge in [-0.2, -0.15) is 0 Å². The van der Waals surface area contributed by atoms with Crippen LogP contribution in [0.5, 0.6) is 0 Å². The number of rotatable bonds is 41. The van der Waals surface area contributed by atoms with Crippen molar-refractivity contribution in [2.45, 2.75) is 225 Å². The van der Waals surface area contributed by atoms with Crippen molar-refractivity contribution in [2.24, 2.45) is 0 Å². The fourth-order valence-electron chi connectivity index (χ4n) is 6.28. The van der Waals surface area contributed by atoms with Crippen LogP contribution in [0.2, 0.25) is 0 Å². The number of phosphoric acid groups is 1. The summed E-state index contributed by atoms with van der Waals surface area (Å²) in [6.45, 7) is 3.67. The van der Waals surface area contributed by atoms with E-state index in [-0.39, 0.29) is 19.4 Å². The second kappa shape index (κ2) is 40.9. The first kappa shape index (κ1) is 52.3. The average Bonchev–Trinajstić information content (AvgIpc) is 3.14. The van der Waals surface area contributed by atoms with Gasteiger partial charge < -0.3 is 19.3 Å². The Balaban J connectivity index is 3.89. The summed E-state index contributed by atoms with van der Waals surface area (Å²) < 4.78 is 26.4. The van der Waals surface area contributed by atoms with Gasteiger partial charge in [0.25, 0.3) is 0 Å². The van der Waals surface area contributed by atoms with Gasteiger partial charge in [-0.15, -0.1) is 0 Å². The zero-order valence-electron chi connectivity index (χ0n) is 34.9. The molecule has 1 atom stereocenters. The number of allylic oxidation sites excluding steroid dienone is 6. The van der Waals surface area contributed by atoms with Gasteiger partial charge in [0.2, 0.25) is 0 Å². The highest BCUT2D eigenvalue weighted by Crippen LogP contribution is 2.36. The van der Waals surface area contributed by atoms with Crippen molar-refractivity contribution in [1.29, 1.82) is 0 Å². The molecule has 316 valence electrons. The Kier molecular flexibility index (Phi) is 39.6. The standard InChI is InChI=1S/C45H83O8P/c1-3-5-7-9-11-13-15-17-19-21-22-24-26-28-30-32-34-36-38-40-45(47)53-43(42-52-54(48,49)50)41-51-44(46)39-37-35-33-31-29-27-25-23-20-18-16-14-12-10-8-6-4-2/h12,14,17-20,43H,3-11,13,15-16,21-42H2,1-2H3,(H2,48,49,50)/b14-12-,19-17-,20-18-/t43-/m1/s1. The summed E-state index contributed by atoms with van der Waals surface area (Å²) in [5.74, 6) is -0.891. The van der Waals surface area contributed by atoms with E-state index in [0.717, 1.165) is 51.4 Å². The van der Waals surface area contributed by atoms with Crippen molar-refractivity contribution in [3.05, 3.63) is 36.5 Å². The van der Waals surface area contributed by atoms with Crippen LogP contribution < -0.4 is 0 Å². The number of ether oxygens (including phenoxy) is 2. The van der Waals surface area contributed by atoms with Crippen molar-refractivity contribution in [3.8, 4) is 0 Å². The van der Waals surface area contributed by atoms with Crippen LogP contribution in [0.15, 0.2) is 36.5 Å². The van der Waals surface area contributed by atoms with Gasteiger partial charge in [0.15, 0.2) is 6.10 Å². The van der Waals surface area contributed by atoms with Gasteiger partial charge >= 0.3 is 19.8 Å². The number of phosphoric ester groups is 1. The molecule has 0 radical (unpaired) electrons. The molecule has 0 aliphatic carbocycles. The minimum Gasteiger partial charge on any atom is -0.462 e. The van der Waals surface area contributed by atoms with Gasteiger partial charge in [-0.05, 0) is 70.6 Å². The molecule has 8 nitrogen and oxygen atoms in total. The van der Waals surface area contributed by atoms with E-state index in [9.17, 15) is 14.2 Å². The third-order valence-corrected chi connectivity index (χ3v) is 10.1. The number of hydrogen-bond acceptors (Lipinski definition) is 6. The fourth-order valence-corrected chi connectivity index (χ4v) is 6.64. The summed E-state index contributed by atoms with van der Waals surface area (Å²) >= 11 is 0. The minimum absolute atomic E-state index is 0.209. The zero-order valence-corrected chi connectivity index (χ0v) is 35.8. The molecular weight excluding hydrogens is 699 g/mol. The fraction of sp³-hybridized carbons (Fsp3) is 0.822. The Labute approximate surface area is 332 Å². The number of unbranched alkanes of at least 4 members (excludes halogenated alkanes) is 25. The van der Waals surface area contributed by atoms with E-state index in [4.69, 9.17) is 19.3 Å². The normalized spacial score (nSPS) is 12.7. The van der Waals surface area contributed by atoms with Crippen LogP contribution in [-0.2, 0) is 28.2 Å². The molecule has 0 fully saturated rings. The smallest absolute Gasteiger partial charge is 0.462 e. The van der Waals surface area contributed by atoms with E-state index in [1.165, 1.54) is 128 Å². The Hall–Kier alpha value is -1.73. The SMILES string of the molecule is CCCCC/C=C\C/C=C\CCCCCCCCCC(=O)OC[C@H](COP(=O)(O)O)OC(=O)CCCCCCCCCCC/C=C\CCCCCCCC. The Morgan fingerprint density at radius 3 is 1.28 bits per heavy atom. The van der Waals surface area contributed by atoms with Crippen LogP contribution in [0.3, 0.4) is 0 Å². The molecule has 54 heavy (non-hydrogen) atoms. The average molecular weight is 783 g/mol. The monoisotopic (exact) mass is 783 g/mol. The highest BCUT2D eigenvalue weighted by Gasteiger charge is 2.22. The van der Waals surface area contributed by atoms with Crippen molar-refractivity contribution < 1.29 is 37.9 Å². The summed E-state index contributed by atoms with van der Waals surface area (Å²) in [7, 11) is -4.76. The summed E-state index contributed by atoms with van der Waals surface area (Å²) in [5, 5.41) is 0. The van der Waals surface area contributed by atoms with Crippen molar-refractivity contribution in [1.82, 2.24) is 0 Å². The summed E-state index contributed by atoms with van der Waals surface area (Å²) in [6.07, 6.45) is 48.6. The highest BCUT2D eigenvalue weighted by molar-refractivity contribution is 7.46. The molecule has 0 unspecified atom stereocenters. The predicted molar refractivity (Wildman–Crippen MR) is 225 cm³/mol. The first-order chi connectivity index (χ1) is 26.3. The van der Waals surface area contributed by atoms with E-state index in [0.29, 0.717) is 12.8 Å². The van der Waals surface area contributed by atoms with Crippen molar-refractivity contribution >= 4 is 19.8 Å². The third-order valence-electron chi connectivity index (χ3n) is 9.63. The lowest BCUT2D eigenvalue weighted by molar-refractivity contribution is -0.161. The maximum Gasteiger partial charge on any atom is 0.469 e. The molecule has 0 aliphatic rings. The highest BCUT2D eigenvalue weighted by atomic mass is 31.2. The molecule has 0 heterocycles. The molecule has 0 rings (SSSR count). The van der Waals surface area contributed by atoms with Gasteiger partial charge in [-0.25, -0.2) is 4.57 Å². The van der Waals surface area contributed by atoms with Gasteiger partial charge in [-0.3, -0.25) is 14.1 Å². The minimum atomic E-state index is -4.76. The largest absolute Gasteiger partial charge is 0.469 e. The Morgan fingerprint density at radius 1 is 0.481 bits per heavy atom. The van der Waals surface area contributed by atoms with Crippen LogP contribution in [0.4, 0.5) is 0 Å². The summed E-state index contributed by atoms with van der Waals surface area (Å²) in [5.41, 5.74) is 0. The molecule has 0 spiro atoms. The quantitative estimate of drug-likeness (QED) is 0.0272. The van der Waals surface area contributed by atoms with E-state index in [1.54, 1.807) is 0 Å². The lowest BCUT2D eigenvalue weighted by Gasteiger charge is -2.18. The van der Waals surface area contributed by atoms with Gasteiger partial charge in [-0.1, -0.05) is 172 Å². The molecule has 0 aromatic heterocycles. The van der Waals surface area contributed by atoms with Crippen LogP contribution in [0, 0.1) is 0 Å². The zero-order chi connectivity index (χ0) is 39.6. The molecule has 9 heteroatoms. The van der Waals surface area contributed by atoms with Crippen LogP contribution >= 0.6 is 7.82 Å². The van der Waals surface area contributed by atoms with Gasteiger partial charge in [0.1, 0.15) is 6.61 Å². The maximum absolute atomic E-state index is 12.4. The molecule has 0 aromatic rings. The van der Waals surface area contributed by atoms with Crippen molar-refractivity contribution in [2.75, 3.05) is 13.2 Å². The van der Waals surface area contributed by atoms with Crippen LogP contribution in [0.25, 0.3) is 0 Å². The topological polar surface area (TPSA) is 119 Å². The molecule has 0 aromatic carbocycles. The molecule has 2 N–H and O–H groups in total. The number of carbonyl (C=O) groups excluding carboxylic acids is 2. The van der Waals surface area contributed by atoms with Crippen LogP contribution in [0.1, 0.15) is 219 Å². The molecular formula is C45H83O8P. The predicted octanol–water partition coefficient (Wildman–Crippen LogP) is 13.7. The molecule has 0 amide bonds. The molecule has 0 aliphatic heterocycles. The lowest BCUT2D eigenvalue weighted by Crippen LogP contribution is -2.29. The van der Waals surface area contributed by atoms with E-state index in [1.807, 2.05) is 0 Å². The van der Waals surface area contributed by atoms with E-state index >= 15 is 0 Å². The molecule has 0 saturated heterocycles. The number of esters is 2. The second-order valence-corrected chi connectivity index (χ2v) is 16.3. The summed E-state index contributed by atoms with van der Waals surface area (Å²) in [4.78, 5) is 42.9. The maximum atomic E-state index is 12.4. The van der Waals surface area contributed by atoms with Crippen LogP contribution in [-0.4, -0.2) is 41.0 Å². The third kappa shape index (κ3) is 43.0. The number of hydrogen-bond donors (Lipinski definition) is 2. The summed E-state index contributed by atoms with van der Waals surface area (Å²) in [6, 6.07) is 0. The van der Waals surface area contributed by atoms with Gasteiger partial charge in [0.05, 0.1) is 6.61 Å². The first-order valence-electron chi connectivity index (χ1n) is 22.3. The molecule has 0 saturated carbocycles. The Bertz CT molecular complexity index is 973. The van der Waals surface area contributed by atoms with Crippen molar-refractivity contribution in [3.63, 3.8) is 0 Å². The van der Waals surface area contributed by atoms with Gasteiger partial charge in [0, 0.05) is 12.8 Å². The Morgan fingerprint density at radius 2 is 0.833 bits per heavy atom. The van der Waals surface area contributed by atoms with E-state index in [2.05, 4.69) is 54.8 Å². The lowest BCUT2D eigenvalue weighted by atomic mass is 10.1. The molecule has 0 bridgehead atoms. The first-order valence-corrected chi connectivity index (χ1v) is 23.8. The van der Waals surface area contributed by atoms with E-state index < -0.39 is 32.5 Å². The second-order valence-electron chi connectivity index (χ2n) is 15.0.